The first-order valence-corrected chi connectivity index (χ1v) is 15.5. The molecule has 0 amide bonds. The van der Waals surface area contributed by atoms with Crippen LogP contribution in [0.1, 0.15) is 12.8 Å². The lowest BCUT2D eigenvalue weighted by Crippen LogP contribution is -2.33. The summed E-state index contributed by atoms with van der Waals surface area (Å²) in [5.41, 5.74) is 3.53. The Labute approximate surface area is 172 Å². The SMILES string of the molecule is C[Si](C)(C)C#CCCC[P+](c1ccccc1)(c1ccccc1)c1ccccc1. The number of unbranched alkanes of at least 4 members (excludes halogenated alkanes) is 1. The van der Waals surface area contributed by atoms with Crippen LogP contribution >= 0.6 is 7.26 Å². The van der Waals surface area contributed by atoms with Crippen LogP contribution in [0.3, 0.4) is 0 Å². The molecule has 3 rings (SSSR count). The van der Waals surface area contributed by atoms with Gasteiger partial charge in [-0.15, -0.1) is 11.5 Å². The molecule has 3 aromatic rings. The Morgan fingerprint density at radius 3 is 1.39 bits per heavy atom. The molecule has 0 N–H and O–H groups in total. The zero-order chi connectivity index (χ0) is 19.9. The highest BCUT2D eigenvalue weighted by Crippen LogP contribution is 2.55. The Morgan fingerprint density at radius 2 is 1.04 bits per heavy atom. The normalized spacial score (nSPS) is 11.5. The summed E-state index contributed by atoms with van der Waals surface area (Å²) in [5.74, 6) is 3.48. The number of rotatable bonds is 6. The van der Waals surface area contributed by atoms with Gasteiger partial charge in [-0.25, -0.2) is 0 Å². The van der Waals surface area contributed by atoms with Gasteiger partial charge in [0.1, 0.15) is 31.2 Å². The van der Waals surface area contributed by atoms with E-state index in [9.17, 15) is 0 Å². The van der Waals surface area contributed by atoms with Crippen molar-refractivity contribution in [1.82, 2.24) is 0 Å². The maximum absolute atomic E-state index is 3.53. The summed E-state index contributed by atoms with van der Waals surface area (Å²) in [6, 6.07) is 33.4. The Hall–Kier alpha value is -2.13. The van der Waals surface area contributed by atoms with Gasteiger partial charge in [-0.05, 0) is 42.8 Å². The lowest BCUT2D eigenvalue weighted by atomic mass is 10.3. The third-order valence-corrected chi connectivity index (χ3v) is 10.3. The first-order chi connectivity index (χ1) is 13.5. The highest BCUT2D eigenvalue weighted by molar-refractivity contribution is 7.95. The molecular weight excluding hydrogens is 371 g/mol. The van der Waals surface area contributed by atoms with Gasteiger partial charge in [0, 0.05) is 6.42 Å². The standard InChI is InChI=1S/C26H30PSi/c1-28(2,3)23-15-7-14-22-27(24-16-8-4-9-17-24,25-18-10-5-11-19-25)26-20-12-6-13-21-26/h4-6,8-13,16-21H,7,14,22H2,1-3H3/q+1. The van der Waals surface area contributed by atoms with Crippen LogP contribution in [0.4, 0.5) is 0 Å². The molecule has 0 aliphatic carbocycles. The second kappa shape index (κ2) is 9.38. The van der Waals surface area contributed by atoms with Gasteiger partial charge in [0.2, 0.25) is 0 Å². The zero-order valence-electron chi connectivity index (χ0n) is 17.2. The molecule has 2 heteroatoms. The molecular formula is C26H30PSi+. The van der Waals surface area contributed by atoms with Gasteiger partial charge in [-0.2, -0.15) is 0 Å². The molecule has 0 radical (unpaired) electrons. The summed E-state index contributed by atoms with van der Waals surface area (Å²) in [4.78, 5) is 0. The van der Waals surface area contributed by atoms with Gasteiger partial charge >= 0.3 is 0 Å². The van der Waals surface area contributed by atoms with E-state index in [1.54, 1.807) is 0 Å². The van der Waals surface area contributed by atoms with E-state index < -0.39 is 15.3 Å². The third-order valence-electron chi connectivity index (χ3n) is 4.85. The van der Waals surface area contributed by atoms with E-state index in [1.165, 1.54) is 15.9 Å². The first kappa shape index (κ1) is 20.6. The van der Waals surface area contributed by atoms with E-state index in [1.807, 2.05) is 0 Å². The summed E-state index contributed by atoms with van der Waals surface area (Å²) in [6.45, 7) is 6.94. The highest BCUT2D eigenvalue weighted by atomic mass is 31.2. The van der Waals surface area contributed by atoms with Crippen molar-refractivity contribution in [2.45, 2.75) is 32.5 Å². The minimum Gasteiger partial charge on any atom is -0.132 e. The van der Waals surface area contributed by atoms with Crippen LogP contribution in [-0.2, 0) is 0 Å². The molecule has 28 heavy (non-hydrogen) atoms. The van der Waals surface area contributed by atoms with Crippen LogP contribution in [-0.4, -0.2) is 14.2 Å². The maximum Gasteiger partial charge on any atom is 0.129 e. The predicted molar refractivity (Wildman–Crippen MR) is 130 cm³/mol. The average Bonchev–Trinajstić information content (AvgIpc) is 2.72. The molecule has 0 unspecified atom stereocenters. The molecule has 0 aliphatic rings. The second-order valence-corrected chi connectivity index (χ2v) is 16.6. The molecule has 0 spiro atoms. The van der Waals surface area contributed by atoms with Crippen molar-refractivity contribution in [2.24, 2.45) is 0 Å². The Kier molecular flexibility index (Phi) is 6.90. The van der Waals surface area contributed by atoms with E-state index in [0.717, 1.165) is 19.0 Å². The van der Waals surface area contributed by atoms with Gasteiger partial charge in [0.05, 0.1) is 6.16 Å². The molecule has 0 aliphatic heterocycles. The topological polar surface area (TPSA) is 0 Å². The molecule has 0 atom stereocenters. The third kappa shape index (κ3) is 5.02. The van der Waals surface area contributed by atoms with Crippen molar-refractivity contribution in [2.75, 3.05) is 6.16 Å². The van der Waals surface area contributed by atoms with Crippen molar-refractivity contribution >= 4 is 31.2 Å². The van der Waals surface area contributed by atoms with Gasteiger partial charge in [0.25, 0.3) is 0 Å². The van der Waals surface area contributed by atoms with E-state index in [0.29, 0.717) is 0 Å². The highest BCUT2D eigenvalue weighted by Gasteiger charge is 2.44. The lowest BCUT2D eigenvalue weighted by Gasteiger charge is -2.27. The molecule has 0 fully saturated rings. The molecule has 0 bridgehead atoms. The molecule has 0 nitrogen and oxygen atoms in total. The van der Waals surface area contributed by atoms with E-state index >= 15 is 0 Å². The largest absolute Gasteiger partial charge is 0.132 e. The number of benzene rings is 3. The van der Waals surface area contributed by atoms with Crippen molar-refractivity contribution in [1.29, 1.82) is 0 Å². The van der Waals surface area contributed by atoms with E-state index in [2.05, 4.69) is 122 Å². The molecule has 0 heterocycles. The summed E-state index contributed by atoms with van der Waals surface area (Å²) in [5, 5.41) is 4.39. The van der Waals surface area contributed by atoms with Crippen molar-refractivity contribution in [3.63, 3.8) is 0 Å². The molecule has 0 saturated heterocycles. The van der Waals surface area contributed by atoms with Crippen LogP contribution < -0.4 is 15.9 Å². The summed E-state index contributed by atoms with van der Waals surface area (Å²) >= 11 is 0. The smallest absolute Gasteiger partial charge is 0.129 e. The minimum absolute atomic E-state index is 0.985. The van der Waals surface area contributed by atoms with Gasteiger partial charge in [-0.1, -0.05) is 74.2 Å². The molecule has 0 aromatic heterocycles. The van der Waals surface area contributed by atoms with E-state index in [4.69, 9.17) is 0 Å². The Morgan fingerprint density at radius 1 is 0.643 bits per heavy atom. The van der Waals surface area contributed by atoms with Crippen molar-refractivity contribution in [3.8, 4) is 11.5 Å². The predicted octanol–water partition coefficient (Wildman–Crippen LogP) is 5.64. The van der Waals surface area contributed by atoms with Crippen molar-refractivity contribution in [3.05, 3.63) is 91.0 Å². The molecule has 0 saturated carbocycles. The maximum atomic E-state index is 3.53. The van der Waals surface area contributed by atoms with Gasteiger partial charge < -0.3 is 0 Å². The van der Waals surface area contributed by atoms with Crippen LogP contribution in [0, 0.1) is 11.5 Å². The summed E-state index contributed by atoms with van der Waals surface area (Å²) < 4.78 is 0. The molecule has 142 valence electrons. The quantitative estimate of drug-likeness (QED) is 0.217. The monoisotopic (exact) mass is 401 g/mol. The molecule has 3 aromatic carbocycles. The first-order valence-electron chi connectivity index (χ1n) is 10.1. The van der Waals surface area contributed by atoms with Crippen LogP contribution in [0.15, 0.2) is 91.0 Å². The fourth-order valence-corrected chi connectivity index (χ4v) is 8.61. The minimum atomic E-state index is -1.69. The second-order valence-electron chi connectivity index (χ2n) is 8.20. The van der Waals surface area contributed by atoms with Crippen LogP contribution in [0.5, 0.6) is 0 Å². The summed E-state index contributed by atoms with van der Waals surface area (Å²) in [7, 11) is -2.99. The van der Waals surface area contributed by atoms with Crippen molar-refractivity contribution < 1.29 is 0 Å². The zero-order valence-corrected chi connectivity index (χ0v) is 19.1. The lowest BCUT2D eigenvalue weighted by molar-refractivity contribution is 0.990. The average molecular weight is 402 g/mol. The number of hydrogen-bond acceptors (Lipinski definition) is 0. The Bertz CT molecular complexity index is 820. The number of hydrogen-bond donors (Lipinski definition) is 0. The Balaban J connectivity index is 2.05. The fraction of sp³-hybridized carbons (Fsp3) is 0.231. The van der Waals surface area contributed by atoms with Gasteiger partial charge in [-0.3, -0.25) is 0 Å². The van der Waals surface area contributed by atoms with Gasteiger partial charge in [0.15, 0.2) is 0 Å². The van der Waals surface area contributed by atoms with Crippen LogP contribution in [0.25, 0.3) is 0 Å². The van der Waals surface area contributed by atoms with Crippen LogP contribution in [0.2, 0.25) is 19.6 Å². The fourth-order valence-electron chi connectivity index (χ4n) is 3.61. The van der Waals surface area contributed by atoms with E-state index in [-0.39, 0.29) is 0 Å². The summed E-state index contributed by atoms with van der Waals surface area (Å²) in [6.07, 6.45) is 3.27.